The average Bonchev–Trinajstić information content (AvgIpc) is 3.00. The summed E-state index contributed by atoms with van der Waals surface area (Å²) in [6, 6.07) is 15.8. The highest BCUT2D eigenvalue weighted by Gasteiger charge is 2.17. The normalized spacial score (nSPS) is 10.3. The molecule has 0 aliphatic carbocycles. The quantitative estimate of drug-likeness (QED) is 0.132. The number of aliphatic hydroxyl groups is 2. The lowest BCUT2D eigenvalue weighted by atomic mass is 10.2. The van der Waals surface area contributed by atoms with Gasteiger partial charge in [-0.05, 0) is 75.3 Å². The second-order valence-electron chi connectivity index (χ2n) is 8.10. The van der Waals surface area contributed by atoms with Crippen molar-refractivity contribution in [3.05, 3.63) is 104 Å². The topological polar surface area (TPSA) is 132 Å². The van der Waals surface area contributed by atoms with Crippen LogP contribution in [0.15, 0.2) is 76.4 Å². The summed E-state index contributed by atoms with van der Waals surface area (Å²) in [6.45, 7) is 3.05. The Morgan fingerprint density at radius 2 is 1.66 bits per heavy atom. The van der Waals surface area contributed by atoms with Crippen molar-refractivity contribution in [1.29, 1.82) is 0 Å². The van der Waals surface area contributed by atoms with Crippen LogP contribution in [0.2, 0.25) is 5.02 Å². The van der Waals surface area contributed by atoms with Gasteiger partial charge >= 0.3 is 11.4 Å². The predicted molar refractivity (Wildman–Crippen MR) is 169 cm³/mol. The van der Waals surface area contributed by atoms with Crippen LogP contribution in [0.3, 0.4) is 0 Å². The number of hydrogen-bond acceptors (Lipinski definition) is 9. The van der Waals surface area contributed by atoms with Crippen molar-refractivity contribution >= 4 is 54.2 Å². The third kappa shape index (κ3) is 9.81. The summed E-state index contributed by atoms with van der Waals surface area (Å²) in [4.78, 5) is 33.9. The van der Waals surface area contributed by atoms with Crippen molar-refractivity contribution in [3.63, 3.8) is 0 Å². The minimum Gasteiger partial charge on any atom is -0.436 e. The molecular weight excluding hydrogens is 688 g/mol. The molecule has 0 fully saturated rings. The second kappa shape index (κ2) is 17.7. The Hall–Kier alpha value is -2.98. The van der Waals surface area contributed by atoms with Crippen molar-refractivity contribution in [2.75, 3.05) is 18.5 Å². The van der Waals surface area contributed by atoms with Crippen molar-refractivity contribution in [2.45, 2.75) is 26.9 Å². The van der Waals surface area contributed by atoms with Gasteiger partial charge in [-0.2, -0.15) is 4.98 Å². The summed E-state index contributed by atoms with van der Waals surface area (Å²) in [5.41, 5.74) is -0.304. The number of nitrogens with zero attached hydrogens (tertiary/aromatic N) is 4. The molecule has 0 bridgehead atoms. The Balaban J connectivity index is 0.00000141. The number of benzene rings is 2. The molecule has 0 spiro atoms. The van der Waals surface area contributed by atoms with Crippen LogP contribution in [0.4, 0.5) is 16.0 Å². The second-order valence-corrected chi connectivity index (χ2v) is 8.53. The van der Waals surface area contributed by atoms with Crippen LogP contribution < -0.4 is 21.4 Å². The van der Waals surface area contributed by atoms with Crippen LogP contribution >= 0.6 is 42.6 Å². The SMILES string of the molecule is CC.O=c1nc(Nc2ccc(Oc3ncccc3F)cc2)n(Cc2ccc(Cl)cc2)c(=O)n1CC(CO)CO.SI. The zero-order chi connectivity index (χ0) is 30.4. The molecule has 220 valence electrons. The summed E-state index contributed by atoms with van der Waals surface area (Å²) in [5, 5.41) is 22.3. The van der Waals surface area contributed by atoms with Gasteiger partial charge in [0.05, 0.1) is 6.54 Å². The number of aromatic nitrogens is 4. The fourth-order valence-corrected chi connectivity index (χ4v) is 3.55. The first-order valence-corrected chi connectivity index (χ1v) is 16.0. The van der Waals surface area contributed by atoms with E-state index in [9.17, 15) is 24.2 Å². The summed E-state index contributed by atoms with van der Waals surface area (Å²) >= 11 is 7.82. The van der Waals surface area contributed by atoms with E-state index >= 15 is 0 Å². The van der Waals surface area contributed by atoms with E-state index < -0.39 is 36.3 Å². The number of thiol groups is 1. The van der Waals surface area contributed by atoms with E-state index in [4.69, 9.17) is 16.3 Å². The molecule has 3 N–H and O–H groups in total. The lowest BCUT2D eigenvalue weighted by Crippen LogP contribution is -2.44. The van der Waals surface area contributed by atoms with Crippen LogP contribution in [-0.2, 0) is 13.1 Å². The molecule has 0 aliphatic rings. The molecule has 10 nitrogen and oxygen atoms in total. The van der Waals surface area contributed by atoms with E-state index in [1.807, 2.05) is 35.1 Å². The number of hydrogen-bond donors (Lipinski definition) is 4. The van der Waals surface area contributed by atoms with Gasteiger partial charge in [-0.25, -0.2) is 23.5 Å². The van der Waals surface area contributed by atoms with Crippen molar-refractivity contribution in [1.82, 2.24) is 19.1 Å². The van der Waals surface area contributed by atoms with Crippen molar-refractivity contribution in [2.24, 2.45) is 5.92 Å². The van der Waals surface area contributed by atoms with Crippen molar-refractivity contribution in [3.8, 4) is 11.6 Å². The summed E-state index contributed by atoms with van der Waals surface area (Å²) in [5.74, 6) is -1.18. The predicted octanol–water partition coefficient (Wildman–Crippen LogP) is 5.07. The van der Waals surface area contributed by atoms with E-state index in [-0.39, 0.29) is 24.9 Å². The maximum Gasteiger partial charge on any atom is 0.354 e. The molecule has 0 radical (unpaired) electrons. The van der Waals surface area contributed by atoms with Crippen LogP contribution in [0, 0.1) is 11.7 Å². The highest BCUT2D eigenvalue weighted by Crippen LogP contribution is 2.24. The Kier molecular flexibility index (Phi) is 14.8. The van der Waals surface area contributed by atoms with Crippen LogP contribution in [0.5, 0.6) is 11.6 Å². The Morgan fingerprint density at radius 1 is 1.02 bits per heavy atom. The number of nitrogens with one attached hydrogen (secondary N) is 1. The first-order chi connectivity index (χ1) is 19.9. The van der Waals surface area contributed by atoms with Gasteiger partial charge < -0.3 is 20.3 Å². The largest absolute Gasteiger partial charge is 0.436 e. The molecule has 0 unspecified atom stereocenters. The van der Waals surface area contributed by atoms with E-state index in [1.54, 1.807) is 48.5 Å². The standard InChI is InChI=1S/C25H23ClFN5O5.C2H6.HIS/c26-18-5-3-16(4-6-18)12-31-23(30-24(35)32(25(31)36)13-17(14-33)15-34)29-19-7-9-20(10-8-19)37-22-21(27)2-1-11-28-22;2*1-2/h1-11,17,33-34H,12-15H2,(H,29,30,35);1-2H3;2H. The van der Waals surface area contributed by atoms with Gasteiger partial charge in [-0.1, -0.05) is 37.6 Å². The molecule has 4 rings (SSSR count). The molecule has 14 heteroatoms. The maximum absolute atomic E-state index is 13.8. The summed E-state index contributed by atoms with van der Waals surface area (Å²) in [7, 11) is 3.50. The third-order valence-electron chi connectivity index (χ3n) is 5.41. The fourth-order valence-electron chi connectivity index (χ4n) is 3.42. The Bertz CT molecular complexity index is 1490. The summed E-state index contributed by atoms with van der Waals surface area (Å²) < 4.78 is 21.4. The third-order valence-corrected chi connectivity index (χ3v) is 5.66. The number of pyridine rings is 1. The molecule has 4 aromatic rings. The lowest BCUT2D eigenvalue weighted by molar-refractivity contribution is 0.134. The average molecular weight is 718 g/mol. The number of rotatable bonds is 10. The molecular formula is C27H30ClFIN5O5S. The first-order valence-electron chi connectivity index (χ1n) is 12.4. The van der Waals surface area contributed by atoms with E-state index in [1.165, 1.54) is 22.9 Å². The van der Waals surface area contributed by atoms with Crippen LogP contribution in [-0.4, -0.2) is 42.5 Å². The Labute approximate surface area is 258 Å². The molecule has 2 heterocycles. The van der Waals surface area contributed by atoms with Gasteiger partial charge in [0.25, 0.3) is 5.88 Å². The van der Waals surface area contributed by atoms with Gasteiger partial charge in [-0.3, -0.25) is 4.57 Å². The van der Waals surface area contributed by atoms with Gasteiger partial charge in [0.1, 0.15) is 5.75 Å². The zero-order valence-electron chi connectivity index (χ0n) is 22.2. The number of aliphatic hydroxyl groups excluding tert-OH is 2. The fraction of sp³-hybridized carbons (Fsp3) is 0.259. The van der Waals surface area contributed by atoms with Crippen molar-refractivity contribution < 1.29 is 19.3 Å². The Morgan fingerprint density at radius 3 is 2.24 bits per heavy atom. The van der Waals surface area contributed by atoms with Crippen LogP contribution in [0.1, 0.15) is 19.4 Å². The number of ether oxygens (including phenoxy) is 1. The number of anilines is 2. The molecule has 0 saturated carbocycles. The molecule has 2 aromatic heterocycles. The van der Waals surface area contributed by atoms with E-state index in [0.717, 1.165) is 10.1 Å². The minimum absolute atomic E-state index is 0.0183. The van der Waals surface area contributed by atoms with Gasteiger partial charge in [0.15, 0.2) is 5.82 Å². The smallest absolute Gasteiger partial charge is 0.354 e. The van der Waals surface area contributed by atoms with Gasteiger partial charge in [0, 0.05) is 42.6 Å². The highest BCUT2D eigenvalue weighted by atomic mass is 127. The number of halogens is 3. The summed E-state index contributed by atoms with van der Waals surface area (Å²) in [6.07, 6.45) is 1.41. The van der Waals surface area contributed by atoms with Gasteiger partial charge in [-0.15, -0.1) is 9.80 Å². The van der Waals surface area contributed by atoms with Gasteiger partial charge in [0.2, 0.25) is 5.95 Å². The first kappa shape index (κ1) is 34.2. The van der Waals surface area contributed by atoms with E-state index in [0.29, 0.717) is 16.5 Å². The zero-order valence-corrected chi connectivity index (χ0v) is 26.1. The monoisotopic (exact) mass is 717 g/mol. The molecule has 0 amide bonds. The molecule has 0 saturated heterocycles. The minimum atomic E-state index is -0.836. The molecule has 0 atom stereocenters. The molecule has 41 heavy (non-hydrogen) atoms. The van der Waals surface area contributed by atoms with E-state index in [2.05, 4.69) is 25.1 Å². The van der Waals surface area contributed by atoms with Crippen LogP contribution in [0.25, 0.3) is 0 Å². The molecule has 2 aromatic carbocycles. The lowest BCUT2D eigenvalue weighted by Gasteiger charge is -2.17. The molecule has 0 aliphatic heterocycles. The maximum atomic E-state index is 13.8. The highest BCUT2D eigenvalue weighted by molar-refractivity contribution is 14.2.